The van der Waals surface area contributed by atoms with Crippen LogP contribution in [0.4, 0.5) is 5.69 Å². The van der Waals surface area contributed by atoms with E-state index < -0.39 is 5.97 Å². The fraction of sp³-hybridized carbons (Fsp3) is 0.500. The van der Waals surface area contributed by atoms with Crippen LogP contribution < -0.4 is 5.32 Å². The third kappa shape index (κ3) is 5.09. The van der Waals surface area contributed by atoms with Gasteiger partial charge in [0.15, 0.2) is 0 Å². The number of anilines is 1. The van der Waals surface area contributed by atoms with Crippen LogP contribution >= 0.6 is 11.6 Å². The first-order valence-corrected chi connectivity index (χ1v) is 6.83. The molecule has 1 unspecified atom stereocenters. The third-order valence-electron chi connectivity index (χ3n) is 3.03. The van der Waals surface area contributed by atoms with Gasteiger partial charge in [0, 0.05) is 18.8 Å². The first-order valence-electron chi connectivity index (χ1n) is 6.46. The number of carbonyl (C=O) groups is 1. The number of carboxylic acids is 1. The lowest BCUT2D eigenvalue weighted by Gasteiger charge is -2.16. The number of aromatic carboxylic acids is 1. The molecule has 0 fully saturated rings. The normalized spacial score (nSPS) is 12.2. The second-order valence-corrected chi connectivity index (χ2v) is 4.95. The van der Waals surface area contributed by atoms with Crippen molar-refractivity contribution in [2.24, 2.45) is 5.92 Å². The average molecular weight is 286 g/mol. The van der Waals surface area contributed by atoms with E-state index >= 15 is 0 Å². The van der Waals surface area contributed by atoms with Crippen molar-refractivity contribution in [3.8, 4) is 0 Å². The molecule has 0 heterocycles. The van der Waals surface area contributed by atoms with E-state index in [9.17, 15) is 4.79 Å². The molecule has 0 saturated carbocycles. The van der Waals surface area contributed by atoms with Crippen LogP contribution in [0, 0.1) is 5.92 Å². The third-order valence-corrected chi connectivity index (χ3v) is 3.34. The number of aliphatic hydroxyl groups is 1. The Morgan fingerprint density at radius 2 is 2.16 bits per heavy atom. The average Bonchev–Trinajstić information content (AvgIpc) is 2.36. The number of hydrogen-bond donors (Lipinski definition) is 3. The molecule has 1 aromatic rings. The highest BCUT2D eigenvalue weighted by molar-refractivity contribution is 6.33. The maximum atomic E-state index is 10.8. The number of carboxylic acid groups (broad SMARTS) is 1. The zero-order valence-corrected chi connectivity index (χ0v) is 11.8. The zero-order chi connectivity index (χ0) is 14.3. The van der Waals surface area contributed by atoms with Crippen LogP contribution in [0.5, 0.6) is 0 Å². The van der Waals surface area contributed by atoms with Crippen LogP contribution in [0.3, 0.4) is 0 Å². The number of halogens is 1. The number of rotatable bonds is 8. The molecule has 19 heavy (non-hydrogen) atoms. The number of hydrogen-bond acceptors (Lipinski definition) is 3. The van der Waals surface area contributed by atoms with Gasteiger partial charge < -0.3 is 15.5 Å². The lowest BCUT2D eigenvalue weighted by atomic mass is 10.00. The highest BCUT2D eigenvalue weighted by Gasteiger charge is 2.10. The minimum atomic E-state index is -1.03. The molecule has 3 N–H and O–H groups in total. The van der Waals surface area contributed by atoms with E-state index in [4.69, 9.17) is 21.8 Å². The monoisotopic (exact) mass is 285 g/mol. The Morgan fingerprint density at radius 1 is 1.42 bits per heavy atom. The predicted octanol–water partition coefficient (Wildman–Crippen LogP) is 3.25. The maximum Gasteiger partial charge on any atom is 0.337 e. The summed E-state index contributed by atoms with van der Waals surface area (Å²) in [4.78, 5) is 10.8. The molecule has 1 aromatic carbocycles. The van der Waals surface area contributed by atoms with Gasteiger partial charge in [-0.05, 0) is 37.0 Å². The summed E-state index contributed by atoms with van der Waals surface area (Å²) in [6.45, 7) is 3.05. The van der Waals surface area contributed by atoms with E-state index in [0.717, 1.165) is 31.5 Å². The van der Waals surface area contributed by atoms with Crippen molar-refractivity contribution in [2.75, 3.05) is 18.5 Å². The topological polar surface area (TPSA) is 69.6 Å². The lowest BCUT2D eigenvalue weighted by Crippen LogP contribution is -2.15. The molecule has 0 aliphatic heterocycles. The Labute approximate surface area is 118 Å². The number of aliphatic hydroxyl groups excluding tert-OH is 1. The lowest BCUT2D eigenvalue weighted by molar-refractivity contribution is 0.0697. The predicted molar refractivity (Wildman–Crippen MR) is 77.0 cm³/mol. The van der Waals surface area contributed by atoms with Gasteiger partial charge in [-0.2, -0.15) is 0 Å². The van der Waals surface area contributed by atoms with Gasteiger partial charge in [-0.15, -0.1) is 0 Å². The van der Waals surface area contributed by atoms with Crippen molar-refractivity contribution in [2.45, 2.75) is 26.2 Å². The van der Waals surface area contributed by atoms with Crippen molar-refractivity contribution in [3.63, 3.8) is 0 Å². The molecular formula is C14H20ClNO3. The molecule has 0 amide bonds. The standard InChI is InChI=1S/C14H20ClNO3/c1-2-3-10(6-7-17)9-16-11-4-5-12(14(18)19)13(15)8-11/h4-5,8,10,16-17H,2-3,6-7,9H2,1H3,(H,18,19). The van der Waals surface area contributed by atoms with Crippen molar-refractivity contribution >= 4 is 23.3 Å². The Hall–Kier alpha value is -1.26. The van der Waals surface area contributed by atoms with Gasteiger partial charge >= 0.3 is 5.97 Å². The Morgan fingerprint density at radius 3 is 2.68 bits per heavy atom. The van der Waals surface area contributed by atoms with Gasteiger partial charge in [-0.25, -0.2) is 4.79 Å². The summed E-state index contributed by atoms with van der Waals surface area (Å²) >= 11 is 5.90. The zero-order valence-electron chi connectivity index (χ0n) is 11.0. The highest BCUT2D eigenvalue weighted by Crippen LogP contribution is 2.22. The molecule has 5 heteroatoms. The molecule has 0 saturated heterocycles. The van der Waals surface area contributed by atoms with E-state index in [1.807, 2.05) is 0 Å². The van der Waals surface area contributed by atoms with Crippen molar-refractivity contribution in [3.05, 3.63) is 28.8 Å². The van der Waals surface area contributed by atoms with Gasteiger partial charge in [0.2, 0.25) is 0 Å². The van der Waals surface area contributed by atoms with E-state index in [2.05, 4.69) is 12.2 Å². The Balaban J connectivity index is 2.62. The first kappa shape index (κ1) is 15.8. The van der Waals surface area contributed by atoms with E-state index in [0.29, 0.717) is 5.92 Å². The van der Waals surface area contributed by atoms with Gasteiger partial charge in [-0.3, -0.25) is 0 Å². The second kappa shape index (κ2) is 8.02. The fourth-order valence-corrected chi connectivity index (χ4v) is 2.26. The van der Waals surface area contributed by atoms with E-state index in [1.165, 1.54) is 6.07 Å². The summed E-state index contributed by atoms with van der Waals surface area (Å²) in [6, 6.07) is 4.82. The van der Waals surface area contributed by atoms with Crippen LogP contribution in [-0.2, 0) is 0 Å². The molecule has 106 valence electrons. The molecule has 0 aliphatic rings. The number of nitrogens with one attached hydrogen (secondary N) is 1. The van der Waals surface area contributed by atoms with Crippen LogP contribution in [0.15, 0.2) is 18.2 Å². The first-order chi connectivity index (χ1) is 9.08. The molecule has 0 radical (unpaired) electrons. The molecule has 0 bridgehead atoms. The Kier molecular flexibility index (Phi) is 6.67. The molecule has 1 atom stereocenters. The summed E-state index contributed by atoms with van der Waals surface area (Å²) < 4.78 is 0. The van der Waals surface area contributed by atoms with Gasteiger partial charge in [-0.1, -0.05) is 24.9 Å². The molecule has 0 spiro atoms. The minimum absolute atomic E-state index is 0.104. The molecular weight excluding hydrogens is 266 g/mol. The fourth-order valence-electron chi connectivity index (χ4n) is 2.00. The van der Waals surface area contributed by atoms with E-state index in [-0.39, 0.29) is 17.2 Å². The maximum absolute atomic E-state index is 10.8. The van der Waals surface area contributed by atoms with Crippen molar-refractivity contribution < 1.29 is 15.0 Å². The van der Waals surface area contributed by atoms with E-state index in [1.54, 1.807) is 12.1 Å². The SMILES string of the molecule is CCCC(CCO)CNc1ccc(C(=O)O)c(Cl)c1. The van der Waals surface area contributed by atoms with Crippen LogP contribution in [0.1, 0.15) is 36.5 Å². The summed E-state index contributed by atoms with van der Waals surface area (Å²) in [5.41, 5.74) is 0.904. The molecule has 1 rings (SSSR count). The smallest absolute Gasteiger partial charge is 0.337 e. The second-order valence-electron chi connectivity index (χ2n) is 4.55. The number of benzene rings is 1. The quantitative estimate of drug-likeness (QED) is 0.686. The molecule has 0 aromatic heterocycles. The Bertz CT molecular complexity index is 417. The summed E-state index contributed by atoms with van der Waals surface area (Å²) in [5.74, 6) is -0.617. The van der Waals surface area contributed by atoms with Gasteiger partial charge in [0.25, 0.3) is 0 Å². The summed E-state index contributed by atoms with van der Waals surface area (Å²) in [5, 5.41) is 21.3. The minimum Gasteiger partial charge on any atom is -0.478 e. The molecule has 4 nitrogen and oxygen atoms in total. The van der Waals surface area contributed by atoms with Crippen LogP contribution in [0.2, 0.25) is 5.02 Å². The summed E-state index contributed by atoms with van der Waals surface area (Å²) in [6.07, 6.45) is 2.89. The van der Waals surface area contributed by atoms with Crippen molar-refractivity contribution in [1.29, 1.82) is 0 Å². The molecule has 0 aliphatic carbocycles. The largest absolute Gasteiger partial charge is 0.478 e. The van der Waals surface area contributed by atoms with Crippen LogP contribution in [-0.4, -0.2) is 29.3 Å². The van der Waals surface area contributed by atoms with Gasteiger partial charge in [0.1, 0.15) is 0 Å². The van der Waals surface area contributed by atoms with Gasteiger partial charge in [0.05, 0.1) is 10.6 Å². The van der Waals surface area contributed by atoms with Crippen LogP contribution in [0.25, 0.3) is 0 Å². The van der Waals surface area contributed by atoms with Crippen molar-refractivity contribution in [1.82, 2.24) is 0 Å². The highest BCUT2D eigenvalue weighted by atomic mass is 35.5. The summed E-state index contributed by atoms with van der Waals surface area (Å²) in [7, 11) is 0.